The van der Waals surface area contributed by atoms with Crippen LogP contribution < -0.4 is 10.5 Å². The minimum atomic E-state index is -3.20. The molecule has 0 aliphatic carbocycles. The van der Waals surface area contributed by atoms with E-state index >= 15 is 0 Å². The fourth-order valence-electron chi connectivity index (χ4n) is 1.31. The molecule has 0 aliphatic heterocycles. The number of sulfonamides is 1. The van der Waals surface area contributed by atoms with Crippen LogP contribution in [0.2, 0.25) is 0 Å². The molecule has 3 N–H and O–H groups in total. The zero-order valence-electron chi connectivity index (χ0n) is 9.98. The van der Waals surface area contributed by atoms with Crippen LogP contribution >= 0.6 is 12.4 Å². The molecule has 0 saturated carbocycles. The van der Waals surface area contributed by atoms with E-state index in [0.717, 1.165) is 6.42 Å². The fourth-order valence-corrected chi connectivity index (χ4v) is 2.61. The molecule has 0 spiro atoms. The number of allylic oxidation sites excluding steroid dienone is 1. The second kappa shape index (κ2) is 8.98. The minimum Gasteiger partial charge on any atom is -0.329 e. The van der Waals surface area contributed by atoms with Crippen LogP contribution in [0.5, 0.6) is 0 Å². The van der Waals surface area contributed by atoms with Crippen LogP contribution in [0, 0.1) is 5.92 Å². The Kier molecular flexibility index (Phi) is 10.3. The molecular formula is C10H23ClN2O2S. The van der Waals surface area contributed by atoms with Gasteiger partial charge in [0.05, 0.1) is 5.75 Å². The maximum absolute atomic E-state index is 11.5. The molecule has 0 saturated heterocycles. The lowest BCUT2D eigenvalue weighted by atomic mass is 10.1. The van der Waals surface area contributed by atoms with Crippen molar-refractivity contribution in [3.8, 4) is 0 Å². The molecule has 0 bridgehead atoms. The first-order valence-electron chi connectivity index (χ1n) is 5.22. The largest absolute Gasteiger partial charge is 0.329 e. The summed E-state index contributed by atoms with van der Waals surface area (Å²) in [6.07, 6.45) is 2.83. The van der Waals surface area contributed by atoms with Crippen LogP contribution in [0.4, 0.5) is 0 Å². The number of hydrogen-bond donors (Lipinski definition) is 2. The molecule has 0 radical (unpaired) electrons. The van der Waals surface area contributed by atoms with Gasteiger partial charge in [0.25, 0.3) is 0 Å². The molecule has 0 rings (SSSR count). The van der Waals surface area contributed by atoms with E-state index in [1.165, 1.54) is 0 Å². The van der Waals surface area contributed by atoms with Crippen LogP contribution in [0.25, 0.3) is 0 Å². The predicted molar refractivity (Wildman–Crippen MR) is 71.3 cm³/mol. The lowest BCUT2D eigenvalue weighted by Gasteiger charge is -2.18. The van der Waals surface area contributed by atoms with E-state index in [4.69, 9.17) is 5.73 Å². The van der Waals surface area contributed by atoms with Gasteiger partial charge in [-0.15, -0.1) is 19.0 Å². The van der Waals surface area contributed by atoms with E-state index in [2.05, 4.69) is 11.3 Å². The monoisotopic (exact) mass is 270 g/mol. The van der Waals surface area contributed by atoms with E-state index in [9.17, 15) is 8.42 Å². The van der Waals surface area contributed by atoms with Gasteiger partial charge in [-0.25, -0.2) is 13.1 Å². The van der Waals surface area contributed by atoms with Crippen LogP contribution in [0.15, 0.2) is 12.7 Å². The van der Waals surface area contributed by atoms with Gasteiger partial charge in [0.2, 0.25) is 10.0 Å². The Balaban J connectivity index is 0. The standard InChI is InChI=1S/C10H22N2O2S.ClH/c1-4-5-6-15(13,14)12-10(8-11)7-9(2)3;/h4,9-10,12H,1,5-8,11H2,2-3H3;1H. The highest BCUT2D eigenvalue weighted by Gasteiger charge is 2.16. The first kappa shape index (κ1) is 18.3. The van der Waals surface area contributed by atoms with Crippen molar-refractivity contribution < 1.29 is 8.42 Å². The maximum atomic E-state index is 11.5. The lowest BCUT2D eigenvalue weighted by molar-refractivity contribution is 0.465. The second-order valence-electron chi connectivity index (χ2n) is 4.08. The highest BCUT2D eigenvalue weighted by Crippen LogP contribution is 2.05. The molecule has 0 heterocycles. The fraction of sp³-hybridized carbons (Fsp3) is 0.800. The van der Waals surface area contributed by atoms with Gasteiger partial charge >= 0.3 is 0 Å². The molecule has 0 aromatic heterocycles. The Bertz CT molecular complexity index is 279. The van der Waals surface area contributed by atoms with Crippen LogP contribution in [-0.2, 0) is 10.0 Å². The van der Waals surface area contributed by atoms with Gasteiger partial charge in [0.1, 0.15) is 0 Å². The first-order valence-corrected chi connectivity index (χ1v) is 6.87. The SMILES string of the molecule is C=CCCS(=O)(=O)NC(CN)CC(C)C.Cl. The van der Waals surface area contributed by atoms with Gasteiger partial charge < -0.3 is 5.73 Å². The zero-order valence-corrected chi connectivity index (χ0v) is 11.6. The smallest absolute Gasteiger partial charge is 0.212 e. The Hall–Kier alpha value is -0.100. The summed E-state index contributed by atoms with van der Waals surface area (Å²) in [6.45, 7) is 7.92. The van der Waals surface area contributed by atoms with E-state index in [1.807, 2.05) is 13.8 Å². The third kappa shape index (κ3) is 9.15. The van der Waals surface area contributed by atoms with Crippen LogP contribution in [0.1, 0.15) is 26.7 Å². The molecule has 0 aromatic carbocycles. The van der Waals surface area contributed by atoms with Gasteiger partial charge in [-0.1, -0.05) is 19.9 Å². The summed E-state index contributed by atoms with van der Waals surface area (Å²) < 4.78 is 25.7. The van der Waals surface area contributed by atoms with Crippen molar-refractivity contribution in [2.75, 3.05) is 12.3 Å². The number of nitrogens with one attached hydrogen (secondary N) is 1. The molecule has 6 heteroatoms. The van der Waals surface area contributed by atoms with Crippen molar-refractivity contribution in [2.24, 2.45) is 11.7 Å². The van der Waals surface area contributed by atoms with Gasteiger partial charge in [-0.2, -0.15) is 0 Å². The van der Waals surface area contributed by atoms with E-state index in [-0.39, 0.29) is 24.2 Å². The predicted octanol–water partition coefficient (Wildman–Crippen LogP) is 1.28. The van der Waals surface area contributed by atoms with Crippen molar-refractivity contribution in [1.29, 1.82) is 0 Å². The molecule has 16 heavy (non-hydrogen) atoms. The van der Waals surface area contributed by atoms with Gasteiger partial charge in [-0.3, -0.25) is 0 Å². The molecule has 1 atom stereocenters. The number of hydrogen-bond acceptors (Lipinski definition) is 3. The quantitative estimate of drug-likeness (QED) is 0.653. The topological polar surface area (TPSA) is 72.2 Å². The zero-order chi connectivity index (χ0) is 11.9. The summed E-state index contributed by atoms with van der Waals surface area (Å²) in [7, 11) is -3.20. The van der Waals surface area contributed by atoms with Crippen LogP contribution in [-0.4, -0.2) is 26.8 Å². The summed E-state index contributed by atoms with van der Waals surface area (Å²) in [5, 5.41) is 0. The molecule has 0 fully saturated rings. The number of rotatable bonds is 8. The van der Waals surface area contributed by atoms with Crippen molar-refractivity contribution in [3.05, 3.63) is 12.7 Å². The third-order valence-corrected chi connectivity index (χ3v) is 3.44. The minimum absolute atomic E-state index is 0. The molecular weight excluding hydrogens is 248 g/mol. The molecule has 0 amide bonds. The van der Waals surface area contributed by atoms with Crippen molar-refractivity contribution >= 4 is 22.4 Å². The number of halogens is 1. The summed E-state index contributed by atoms with van der Waals surface area (Å²) in [6, 6.07) is -0.153. The second-order valence-corrected chi connectivity index (χ2v) is 5.95. The first-order chi connectivity index (χ1) is 6.91. The van der Waals surface area contributed by atoms with E-state index in [0.29, 0.717) is 18.9 Å². The highest BCUT2D eigenvalue weighted by atomic mass is 35.5. The normalized spacial score (nSPS) is 13.2. The van der Waals surface area contributed by atoms with Crippen LogP contribution in [0.3, 0.4) is 0 Å². The maximum Gasteiger partial charge on any atom is 0.212 e. The Labute approximate surface area is 105 Å². The molecule has 0 aliphatic rings. The van der Waals surface area contributed by atoms with Gasteiger partial charge in [0, 0.05) is 12.6 Å². The Morgan fingerprint density at radius 2 is 2.00 bits per heavy atom. The van der Waals surface area contributed by atoms with Gasteiger partial charge in [0.15, 0.2) is 0 Å². The van der Waals surface area contributed by atoms with Crippen molar-refractivity contribution in [2.45, 2.75) is 32.7 Å². The van der Waals surface area contributed by atoms with Gasteiger partial charge in [-0.05, 0) is 18.8 Å². The Morgan fingerprint density at radius 1 is 1.44 bits per heavy atom. The summed E-state index contributed by atoms with van der Waals surface area (Å²) in [4.78, 5) is 0. The summed E-state index contributed by atoms with van der Waals surface area (Å²) in [5.74, 6) is 0.520. The van der Waals surface area contributed by atoms with Crippen molar-refractivity contribution in [1.82, 2.24) is 4.72 Å². The summed E-state index contributed by atoms with van der Waals surface area (Å²) in [5.41, 5.74) is 5.51. The third-order valence-electron chi connectivity index (χ3n) is 1.98. The summed E-state index contributed by atoms with van der Waals surface area (Å²) >= 11 is 0. The highest BCUT2D eigenvalue weighted by molar-refractivity contribution is 7.89. The molecule has 98 valence electrons. The van der Waals surface area contributed by atoms with E-state index in [1.54, 1.807) is 6.08 Å². The molecule has 4 nitrogen and oxygen atoms in total. The van der Waals surface area contributed by atoms with E-state index < -0.39 is 10.0 Å². The number of nitrogens with two attached hydrogens (primary N) is 1. The average Bonchev–Trinajstić information content (AvgIpc) is 2.12. The van der Waals surface area contributed by atoms with Crippen molar-refractivity contribution in [3.63, 3.8) is 0 Å². The molecule has 1 unspecified atom stereocenters. The average molecular weight is 271 g/mol. The Morgan fingerprint density at radius 3 is 2.38 bits per heavy atom. The molecule has 0 aromatic rings. The lowest BCUT2D eigenvalue weighted by Crippen LogP contribution is -2.41.